The van der Waals surface area contributed by atoms with E-state index in [1.165, 1.54) is 6.07 Å². The molecule has 0 aliphatic rings. The van der Waals surface area contributed by atoms with Crippen LogP contribution in [0.15, 0.2) is 47.4 Å². The Hall–Kier alpha value is -0.0836. The van der Waals surface area contributed by atoms with Gasteiger partial charge in [-0.2, -0.15) is 8.42 Å². The van der Waals surface area contributed by atoms with Crippen LogP contribution in [0.2, 0.25) is 0 Å². The number of carbonyl (C=O) groups is 1. The van der Waals surface area contributed by atoms with E-state index in [-0.39, 0.29) is 56.3 Å². The van der Waals surface area contributed by atoms with Crippen molar-refractivity contribution < 1.29 is 17.8 Å². The molecule has 0 heterocycles. The van der Waals surface area contributed by atoms with Crippen molar-refractivity contribution in [2.24, 2.45) is 0 Å². The average molecular weight is 277 g/mol. The molecule has 0 aromatic heterocycles. The van der Waals surface area contributed by atoms with Gasteiger partial charge in [0, 0.05) is 56.8 Å². The summed E-state index contributed by atoms with van der Waals surface area (Å²) in [5, 5.41) is 1.33. The molecule has 0 unspecified atom stereocenters. The van der Waals surface area contributed by atoms with Crippen LogP contribution in [-0.4, -0.2) is 71.1 Å². The molecule has 0 saturated heterocycles. The van der Waals surface area contributed by atoms with E-state index in [2.05, 4.69) is 0 Å². The van der Waals surface area contributed by atoms with Crippen LogP contribution in [0.3, 0.4) is 0 Å². The van der Waals surface area contributed by atoms with Crippen LogP contribution < -0.4 is 0 Å². The Kier molecular flexibility index (Phi) is 7.34. The molecule has 0 bridgehead atoms. The van der Waals surface area contributed by atoms with Crippen molar-refractivity contribution in [3.8, 4) is 0 Å². The maximum absolute atomic E-state index is 11.0. The molecule has 1 N–H and O–H groups in total. The van der Waals surface area contributed by atoms with Gasteiger partial charge in [-0.3, -0.25) is 4.55 Å². The fraction of sp³-hybridized carbons (Fsp3) is 0. The smallest absolute Gasteiger partial charge is 0.295 e. The van der Waals surface area contributed by atoms with E-state index >= 15 is 0 Å². The molecule has 2 rings (SSSR count). The second-order valence-corrected chi connectivity index (χ2v) is 4.34. The average Bonchev–Trinajstić information content (AvgIpc) is 2.30. The summed E-state index contributed by atoms with van der Waals surface area (Å²) >= 11 is 0. The first-order valence-electron chi connectivity index (χ1n) is 4.33. The second-order valence-electron chi connectivity index (χ2n) is 2.95. The maximum Gasteiger partial charge on any atom is 0.295 e. The normalized spacial score (nSPS) is 9.94. The Bertz CT molecular complexity index is 590. The minimum atomic E-state index is -4.13. The first-order chi connectivity index (χ1) is 7.59. The van der Waals surface area contributed by atoms with Crippen molar-refractivity contribution >= 4 is 79.1 Å². The summed E-state index contributed by atoms with van der Waals surface area (Å²) in [6.07, 6.45) is 0. The zero-order chi connectivity index (χ0) is 12.2. The van der Waals surface area contributed by atoms with Gasteiger partial charge >= 0.3 is 0 Å². The third kappa shape index (κ3) is 4.25. The Morgan fingerprint density at radius 1 is 0.941 bits per heavy atom. The Labute approximate surface area is 142 Å². The van der Waals surface area contributed by atoms with E-state index in [1.807, 2.05) is 12.9 Å². The zero-order valence-electron chi connectivity index (χ0n) is 9.33. The SMILES string of the molecule is C=O.O=S(=O)(O)c1cccc2ccccc12.[K]. The molecule has 4 nitrogen and oxygen atoms in total. The van der Waals surface area contributed by atoms with Crippen LogP contribution in [0.5, 0.6) is 0 Å². The van der Waals surface area contributed by atoms with Gasteiger partial charge in [0.05, 0.1) is 0 Å². The van der Waals surface area contributed by atoms with Crippen molar-refractivity contribution in [2.75, 3.05) is 0 Å². The van der Waals surface area contributed by atoms with Crippen LogP contribution in [0.1, 0.15) is 0 Å². The molecular weight excluding hydrogens is 267 g/mol. The quantitative estimate of drug-likeness (QED) is 0.633. The molecule has 0 aliphatic carbocycles. The van der Waals surface area contributed by atoms with Gasteiger partial charge in [0.1, 0.15) is 11.7 Å². The number of carbonyl (C=O) groups excluding carboxylic acids is 1. The predicted octanol–water partition coefficient (Wildman–Crippen LogP) is 1.52. The van der Waals surface area contributed by atoms with Crippen LogP contribution in [0, 0.1) is 0 Å². The summed E-state index contributed by atoms with van der Waals surface area (Å²) in [7, 11) is -4.13. The summed E-state index contributed by atoms with van der Waals surface area (Å²) in [5.74, 6) is 0. The van der Waals surface area contributed by atoms with Crippen molar-refractivity contribution in [3.63, 3.8) is 0 Å². The van der Waals surface area contributed by atoms with Gasteiger partial charge in [0.25, 0.3) is 10.1 Å². The number of hydrogen-bond donors (Lipinski definition) is 1. The van der Waals surface area contributed by atoms with Crippen LogP contribution in [0.4, 0.5) is 0 Å². The molecule has 1 radical (unpaired) electrons. The summed E-state index contributed by atoms with van der Waals surface area (Å²) < 4.78 is 31.0. The second kappa shape index (κ2) is 7.37. The molecule has 0 atom stereocenters. The van der Waals surface area contributed by atoms with Gasteiger partial charge in [-0.15, -0.1) is 0 Å². The molecule has 85 valence electrons. The van der Waals surface area contributed by atoms with Crippen molar-refractivity contribution in [2.45, 2.75) is 4.90 Å². The fourth-order valence-electron chi connectivity index (χ4n) is 1.42. The summed E-state index contributed by atoms with van der Waals surface area (Å²) in [4.78, 5) is 7.95. The van der Waals surface area contributed by atoms with E-state index in [0.717, 1.165) is 5.39 Å². The van der Waals surface area contributed by atoms with Gasteiger partial charge in [-0.05, 0) is 11.5 Å². The van der Waals surface area contributed by atoms with Gasteiger partial charge in [0.2, 0.25) is 0 Å². The molecule has 0 fully saturated rings. The minimum Gasteiger partial charge on any atom is -0.307 e. The molecule has 0 saturated carbocycles. The molecule has 0 amide bonds. The van der Waals surface area contributed by atoms with Gasteiger partial charge in [0.15, 0.2) is 0 Å². The first kappa shape index (κ1) is 16.9. The number of rotatable bonds is 1. The monoisotopic (exact) mass is 277 g/mol. The van der Waals surface area contributed by atoms with Crippen molar-refractivity contribution in [3.05, 3.63) is 42.5 Å². The number of benzene rings is 2. The molecule has 0 spiro atoms. The van der Waals surface area contributed by atoms with Crippen LogP contribution >= 0.6 is 0 Å². The van der Waals surface area contributed by atoms with E-state index < -0.39 is 10.1 Å². The molecular formula is C11H10KO4S. The van der Waals surface area contributed by atoms with Gasteiger partial charge < -0.3 is 4.79 Å². The van der Waals surface area contributed by atoms with Crippen LogP contribution in [-0.2, 0) is 14.9 Å². The summed E-state index contributed by atoms with van der Waals surface area (Å²) in [6, 6.07) is 11.8. The van der Waals surface area contributed by atoms with E-state index in [0.29, 0.717) is 5.39 Å². The maximum atomic E-state index is 11.0. The largest absolute Gasteiger partial charge is 0.307 e. The standard InChI is InChI=1S/C10H8O3S.CH2O.K/c11-14(12,13)10-7-3-5-8-4-1-2-6-9(8)10;1-2;/h1-7H,(H,11,12,13);1H2;. The van der Waals surface area contributed by atoms with E-state index in [4.69, 9.17) is 9.35 Å². The Morgan fingerprint density at radius 3 is 2.06 bits per heavy atom. The Balaban J connectivity index is 0.000000811. The molecule has 2 aromatic rings. The van der Waals surface area contributed by atoms with E-state index in [9.17, 15) is 8.42 Å². The predicted molar refractivity (Wildman–Crippen MR) is 66.6 cm³/mol. The molecule has 6 heteroatoms. The molecule has 0 aliphatic heterocycles. The topological polar surface area (TPSA) is 71.4 Å². The summed E-state index contributed by atoms with van der Waals surface area (Å²) in [5.41, 5.74) is 0. The third-order valence-electron chi connectivity index (χ3n) is 2.03. The third-order valence-corrected chi connectivity index (χ3v) is 2.94. The summed E-state index contributed by atoms with van der Waals surface area (Å²) in [6.45, 7) is 2.00. The number of fused-ring (bicyclic) bond motifs is 1. The van der Waals surface area contributed by atoms with Crippen molar-refractivity contribution in [1.29, 1.82) is 0 Å². The fourth-order valence-corrected chi connectivity index (χ4v) is 2.13. The molecule has 2 aromatic carbocycles. The van der Waals surface area contributed by atoms with Crippen LogP contribution in [0.25, 0.3) is 10.8 Å². The molecule has 17 heavy (non-hydrogen) atoms. The Morgan fingerprint density at radius 2 is 1.47 bits per heavy atom. The van der Waals surface area contributed by atoms with Crippen molar-refractivity contribution in [1.82, 2.24) is 0 Å². The zero-order valence-corrected chi connectivity index (χ0v) is 13.3. The van der Waals surface area contributed by atoms with E-state index in [1.54, 1.807) is 30.3 Å². The minimum absolute atomic E-state index is 0. The van der Waals surface area contributed by atoms with Gasteiger partial charge in [-0.1, -0.05) is 36.4 Å². The number of hydrogen-bond acceptors (Lipinski definition) is 3. The van der Waals surface area contributed by atoms with Gasteiger partial charge in [-0.25, -0.2) is 0 Å². The first-order valence-corrected chi connectivity index (χ1v) is 5.77.